The fourth-order valence-electron chi connectivity index (χ4n) is 5.31. The van der Waals surface area contributed by atoms with E-state index in [0.29, 0.717) is 5.56 Å². The largest absolute Gasteiger partial charge is 0.464 e. The molecule has 0 aromatic heterocycles. The Morgan fingerprint density at radius 1 is 0.875 bits per heavy atom. The number of nitrogen functional groups attached to an aromatic ring is 1. The van der Waals surface area contributed by atoms with E-state index in [4.69, 9.17) is 19.6 Å². The average Bonchev–Trinajstić information content (AvgIpc) is 2.99. The molecule has 2 aliphatic rings. The number of anilines is 2. The van der Waals surface area contributed by atoms with Crippen LogP contribution in [0.1, 0.15) is 93.2 Å². The lowest BCUT2D eigenvalue weighted by molar-refractivity contribution is -0.146. The number of carbonyl (C=O) groups excluding carboxylic acids is 5. The number of esters is 2. The minimum Gasteiger partial charge on any atom is -0.464 e. The van der Waals surface area contributed by atoms with Crippen LogP contribution in [0, 0.1) is 25.7 Å². The molecule has 0 unspecified atom stereocenters. The minimum atomic E-state index is -1.05. The van der Waals surface area contributed by atoms with Gasteiger partial charge in [-0.25, -0.2) is 14.6 Å². The smallest absolute Gasteiger partial charge is 0.328 e. The first-order valence-electron chi connectivity index (χ1n) is 15.9. The number of nitrogens with one attached hydrogen (secondary N) is 3. The average molecular weight is 668 g/mol. The molecule has 48 heavy (non-hydrogen) atoms. The molecule has 3 rings (SSSR count). The van der Waals surface area contributed by atoms with Crippen molar-refractivity contribution in [3.63, 3.8) is 0 Å². The number of fused-ring (bicyclic) bond motifs is 2. The molecular weight excluding hydrogens is 622 g/mol. The van der Waals surface area contributed by atoms with Crippen molar-refractivity contribution in [1.29, 1.82) is 0 Å². The van der Waals surface area contributed by atoms with E-state index < -0.39 is 52.9 Å². The van der Waals surface area contributed by atoms with Gasteiger partial charge in [-0.2, -0.15) is 0 Å². The maximum Gasteiger partial charge on any atom is 0.328 e. The van der Waals surface area contributed by atoms with Crippen LogP contribution in [-0.4, -0.2) is 59.9 Å². The van der Waals surface area contributed by atoms with Gasteiger partial charge in [0.25, 0.3) is 11.8 Å². The standard InChI is InChI=1S/C34H45N5O9/c1-10-46-33(44)22(12-15(3)4)37-31(42)20-14-21(36-19(9)40)17(7)29-26(20)39-27-24(25(35)28(41)18(8)30(27)48-29)32(43)38-23(13-16(5)6)34(45)47-11-2/h14-16,22-23H,10-13,35H2,1-9H3,(H,36,40)(H,37,42)(H,38,43)/t22-,23+/m1/s1. The first kappa shape index (κ1) is 37.4. The Morgan fingerprint density at radius 3 is 1.88 bits per heavy atom. The van der Waals surface area contributed by atoms with Crippen LogP contribution in [0.15, 0.2) is 15.3 Å². The summed E-state index contributed by atoms with van der Waals surface area (Å²) in [5.74, 6) is -3.37. The van der Waals surface area contributed by atoms with Gasteiger partial charge in [0.1, 0.15) is 23.3 Å². The zero-order chi connectivity index (χ0) is 36.0. The lowest BCUT2D eigenvalue weighted by Crippen LogP contribution is -2.43. The number of amides is 3. The van der Waals surface area contributed by atoms with Crippen molar-refractivity contribution < 1.29 is 37.9 Å². The van der Waals surface area contributed by atoms with Gasteiger partial charge in [-0.05, 0) is 58.4 Å². The predicted octanol–water partition coefficient (Wildman–Crippen LogP) is 3.87. The molecule has 0 bridgehead atoms. The second-order valence-corrected chi connectivity index (χ2v) is 12.4. The van der Waals surface area contributed by atoms with Crippen LogP contribution in [-0.2, 0) is 23.9 Å². The molecule has 2 atom stereocenters. The lowest BCUT2D eigenvalue weighted by Gasteiger charge is -2.22. The summed E-state index contributed by atoms with van der Waals surface area (Å²) < 4.78 is 16.6. The molecule has 0 saturated carbocycles. The number of ether oxygens (including phenoxy) is 2. The zero-order valence-electron chi connectivity index (χ0n) is 28.9. The number of benzene rings is 2. The van der Waals surface area contributed by atoms with Crippen molar-refractivity contribution in [2.45, 2.75) is 87.2 Å². The van der Waals surface area contributed by atoms with E-state index in [2.05, 4.69) is 20.9 Å². The van der Waals surface area contributed by atoms with Crippen LogP contribution < -0.4 is 27.1 Å². The summed E-state index contributed by atoms with van der Waals surface area (Å²) in [7, 11) is 0. The Labute approximate surface area is 278 Å². The van der Waals surface area contributed by atoms with Crippen molar-refractivity contribution in [3.05, 3.63) is 38.5 Å². The molecule has 0 spiro atoms. The summed E-state index contributed by atoms with van der Waals surface area (Å²) in [6.45, 7) is 15.4. The second kappa shape index (κ2) is 15.7. The number of rotatable bonds is 13. The van der Waals surface area contributed by atoms with Crippen LogP contribution in [0.3, 0.4) is 0 Å². The highest BCUT2D eigenvalue weighted by Gasteiger charge is 2.33. The van der Waals surface area contributed by atoms with Crippen molar-refractivity contribution in [2.24, 2.45) is 11.8 Å². The monoisotopic (exact) mass is 667 g/mol. The van der Waals surface area contributed by atoms with Gasteiger partial charge >= 0.3 is 11.9 Å². The number of nitrogens with zero attached hydrogens (tertiary/aromatic N) is 1. The molecule has 1 aromatic carbocycles. The Hall–Kier alpha value is -5.01. The molecule has 0 radical (unpaired) electrons. The van der Waals surface area contributed by atoms with Gasteiger partial charge in [0.05, 0.1) is 30.0 Å². The molecule has 3 amide bonds. The molecule has 1 aliphatic heterocycles. The highest BCUT2D eigenvalue weighted by atomic mass is 16.5. The van der Waals surface area contributed by atoms with Crippen LogP contribution in [0.4, 0.5) is 11.4 Å². The van der Waals surface area contributed by atoms with E-state index >= 15 is 0 Å². The van der Waals surface area contributed by atoms with Crippen LogP contribution in [0.25, 0.3) is 22.6 Å². The maximum absolute atomic E-state index is 13.9. The Morgan fingerprint density at radius 2 is 1.40 bits per heavy atom. The molecule has 1 aromatic rings. The van der Waals surface area contributed by atoms with Crippen molar-refractivity contribution in [3.8, 4) is 11.5 Å². The predicted molar refractivity (Wildman–Crippen MR) is 180 cm³/mol. The van der Waals surface area contributed by atoms with E-state index in [9.17, 15) is 28.8 Å². The molecular formula is C34H45N5O9. The molecule has 0 saturated heterocycles. The maximum atomic E-state index is 13.9. The molecule has 1 heterocycles. The highest BCUT2D eigenvalue weighted by molar-refractivity contribution is 6.11. The molecule has 0 fully saturated rings. The van der Waals surface area contributed by atoms with Crippen molar-refractivity contribution >= 4 is 52.1 Å². The van der Waals surface area contributed by atoms with E-state index in [-0.39, 0.29) is 82.8 Å². The number of carbonyl (C=O) groups is 5. The van der Waals surface area contributed by atoms with Gasteiger partial charge in [0, 0.05) is 23.7 Å². The summed E-state index contributed by atoms with van der Waals surface area (Å²) in [6.07, 6.45) is 0.519. The first-order valence-corrected chi connectivity index (χ1v) is 15.9. The second-order valence-electron chi connectivity index (χ2n) is 12.4. The summed E-state index contributed by atoms with van der Waals surface area (Å²) >= 11 is 0. The van der Waals surface area contributed by atoms with Gasteiger partial charge in [0.2, 0.25) is 11.3 Å². The summed E-state index contributed by atoms with van der Waals surface area (Å²) in [6, 6.07) is -0.666. The van der Waals surface area contributed by atoms with Gasteiger partial charge in [-0.3, -0.25) is 19.2 Å². The Bertz CT molecular complexity index is 1760. The third kappa shape index (κ3) is 8.28. The number of hydrogen-bond donors (Lipinski definition) is 4. The van der Waals surface area contributed by atoms with Gasteiger partial charge in [-0.15, -0.1) is 0 Å². The SMILES string of the molecule is CCOC(=O)[C@H](CC(C)C)NC(=O)c1c2nc3c(C(=O)N[C@H](CC(C)C)C(=O)OCC)cc(NC(C)=O)c(C)c3oc-2c(C)c(=O)c1N. The van der Waals surface area contributed by atoms with Crippen LogP contribution >= 0.6 is 0 Å². The Balaban J connectivity index is 2.35. The van der Waals surface area contributed by atoms with E-state index in [1.165, 1.54) is 19.9 Å². The summed E-state index contributed by atoms with van der Waals surface area (Å²) in [5, 5.41) is 8.02. The fraction of sp³-hybridized carbons (Fsp3) is 0.500. The topological polar surface area (TPSA) is 209 Å². The third-order valence-corrected chi connectivity index (χ3v) is 7.53. The quantitative estimate of drug-likeness (QED) is 0.117. The molecule has 1 aliphatic carbocycles. The number of hydrogen-bond acceptors (Lipinski definition) is 11. The Kier molecular flexibility index (Phi) is 12.3. The molecule has 5 N–H and O–H groups in total. The van der Waals surface area contributed by atoms with Gasteiger partial charge < -0.3 is 35.6 Å². The van der Waals surface area contributed by atoms with Crippen LogP contribution in [0.5, 0.6) is 0 Å². The molecule has 14 heteroatoms. The zero-order valence-corrected chi connectivity index (χ0v) is 28.9. The van der Waals surface area contributed by atoms with Crippen LogP contribution in [0.2, 0.25) is 0 Å². The van der Waals surface area contributed by atoms with Gasteiger partial charge in [0.15, 0.2) is 11.3 Å². The fourth-order valence-corrected chi connectivity index (χ4v) is 5.31. The van der Waals surface area contributed by atoms with E-state index in [1.54, 1.807) is 20.8 Å². The van der Waals surface area contributed by atoms with Gasteiger partial charge in [-0.1, -0.05) is 27.7 Å². The molecule has 14 nitrogen and oxygen atoms in total. The third-order valence-electron chi connectivity index (χ3n) is 7.53. The van der Waals surface area contributed by atoms with E-state index in [0.717, 1.165) is 0 Å². The molecule has 260 valence electrons. The minimum absolute atomic E-state index is 0.00469. The van der Waals surface area contributed by atoms with Crippen molar-refractivity contribution in [1.82, 2.24) is 15.6 Å². The number of aryl methyl sites for hydroxylation is 1. The lowest BCUT2D eigenvalue weighted by atomic mass is 9.98. The number of aromatic nitrogens is 1. The van der Waals surface area contributed by atoms with E-state index in [1.807, 2.05) is 27.7 Å². The van der Waals surface area contributed by atoms with Crippen molar-refractivity contribution in [2.75, 3.05) is 24.3 Å². The highest BCUT2D eigenvalue weighted by Crippen LogP contribution is 2.37. The number of nitrogens with two attached hydrogens (primary N) is 1. The summed E-state index contributed by atoms with van der Waals surface area (Å²) in [4.78, 5) is 83.3. The summed E-state index contributed by atoms with van der Waals surface area (Å²) in [5.41, 5.74) is 5.21. The first-order chi connectivity index (χ1) is 22.5. The normalized spacial score (nSPS) is 12.6.